The second-order valence-electron chi connectivity index (χ2n) is 5.47. The Kier molecular flexibility index (Phi) is 6.34. The molecule has 0 heterocycles. The van der Waals surface area contributed by atoms with Crippen LogP contribution in [0.25, 0.3) is 0 Å². The van der Waals surface area contributed by atoms with Crippen LogP contribution in [-0.4, -0.2) is 24.4 Å². The molecule has 4 nitrogen and oxygen atoms in total. The van der Waals surface area contributed by atoms with Gasteiger partial charge in [0.2, 0.25) is 5.91 Å². The van der Waals surface area contributed by atoms with E-state index in [0.717, 1.165) is 11.1 Å². The Bertz CT molecular complexity index is 659. The molecule has 0 radical (unpaired) electrons. The number of carbonyl (C=O) groups excluding carboxylic acids is 1. The third-order valence-corrected chi connectivity index (χ3v) is 3.62. The van der Waals surface area contributed by atoms with Crippen LogP contribution in [0.3, 0.4) is 0 Å². The monoisotopic (exact) mass is 307 g/mol. The van der Waals surface area contributed by atoms with E-state index in [-0.39, 0.29) is 5.91 Å². The molecule has 4 heteroatoms. The number of amides is 1. The van der Waals surface area contributed by atoms with Crippen molar-refractivity contribution >= 4 is 5.91 Å². The maximum absolute atomic E-state index is 12.1. The lowest BCUT2D eigenvalue weighted by Crippen LogP contribution is -2.29. The second-order valence-corrected chi connectivity index (χ2v) is 5.47. The van der Waals surface area contributed by atoms with Gasteiger partial charge in [0.05, 0.1) is 11.6 Å². The number of benzene rings is 2. The average molecular weight is 307 g/mol. The van der Waals surface area contributed by atoms with Crippen molar-refractivity contribution in [3.63, 3.8) is 0 Å². The van der Waals surface area contributed by atoms with Gasteiger partial charge in [0.15, 0.2) is 0 Å². The second kappa shape index (κ2) is 8.72. The van der Waals surface area contributed by atoms with Crippen LogP contribution in [0.1, 0.15) is 23.1 Å². The smallest absolute Gasteiger partial charge is 0.223 e. The molecule has 0 atom stereocenters. The van der Waals surface area contributed by atoms with Crippen LogP contribution < -0.4 is 5.32 Å². The zero-order chi connectivity index (χ0) is 16.5. The van der Waals surface area contributed by atoms with E-state index in [1.165, 1.54) is 0 Å². The number of rotatable bonds is 7. The fourth-order valence-corrected chi connectivity index (χ4v) is 2.26. The van der Waals surface area contributed by atoms with Gasteiger partial charge in [-0.1, -0.05) is 42.5 Å². The van der Waals surface area contributed by atoms with E-state index in [4.69, 9.17) is 5.26 Å². The summed E-state index contributed by atoms with van der Waals surface area (Å²) in [7, 11) is 1.83. The molecule has 2 rings (SSSR count). The van der Waals surface area contributed by atoms with Gasteiger partial charge >= 0.3 is 0 Å². The minimum absolute atomic E-state index is 0.126. The van der Waals surface area contributed by atoms with Gasteiger partial charge in [-0.2, -0.15) is 5.26 Å². The number of nitrogens with one attached hydrogen (secondary N) is 1. The Balaban J connectivity index is 1.68. The van der Waals surface area contributed by atoms with Gasteiger partial charge in [0.1, 0.15) is 0 Å². The highest BCUT2D eigenvalue weighted by molar-refractivity contribution is 5.76. The highest BCUT2D eigenvalue weighted by Crippen LogP contribution is 2.05. The molecule has 2 aromatic carbocycles. The molecule has 0 saturated heterocycles. The molecule has 0 aromatic heterocycles. The summed E-state index contributed by atoms with van der Waals surface area (Å²) in [6.45, 7) is 1.97. The summed E-state index contributed by atoms with van der Waals surface area (Å²) in [4.78, 5) is 13.8. The Labute approximate surface area is 137 Å². The van der Waals surface area contributed by atoms with Gasteiger partial charge < -0.3 is 10.2 Å². The van der Waals surface area contributed by atoms with Crippen molar-refractivity contribution in [2.75, 3.05) is 13.6 Å². The lowest BCUT2D eigenvalue weighted by molar-refractivity contribution is -0.130. The Morgan fingerprint density at radius 3 is 2.43 bits per heavy atom. The number of hydrogen-bond donors (Lipinski definition) is 1. The van der Waals surface area contributed by atoms with Crippen molar-refractivity contribution in [2.24, 2.45) is 0 Å². The molecule has 0 aliphatic heterocycles. The van der Waals surface area contributed by atoms with E-state index in [0.29, 0.717) is 31.6 Å². The van der Waals surface area contributed by atoms with Crippen LogP contribution in [0, 0.1) is 11.3 Å². The highest BCUT2D eigenvalue weighted by Gasteiger charge is 2.08. The lowest BCUT2D eigenvalue weighted by atomic mass is 10.1. The van der Waals surface area contributed by atoms with Crippen LogP contribution in [-0.2, 0) is 17.9 Å². The van der Waals surface area contributed by atoms with E-state index in [9.17, 15) is 4.79 Å². The number of carbonyl (C=O) groups is 1. The molecule has 0 aliphatic rings. The van der Waals surface area contributed by atoms with E-state index >= 15 is 0 Å². The molecule has 118 valence electrons. The molecule has 23 heavy (non-hydrogen) atoms. The first kappa shape index (κ1) is 16.7. The highest BCUT2D eigenvalue weighted by atomic mass is 16.2. The number of nitriles is 1. The predicted octanol–water partition coefficient (Wildman–Crippen LogP) is 2.70. The first-order valence-electron chi connectivity index (χ1n) is 7.66. The maximum atomic E-state index is 12.1. The summed E-state index contributed by atoms with van der Waals surface area (Å²) in [5.41, 5.74) is 2.90. The Hall–Kier alpha value is -2.64. The van der Waals surface area contributed by atoms with Crippen molar-refractivity contribution in [1.82, 2.24) is 10.2 Å². The molecule has 0 fully saturated rings. The molecule has 0 unspecified atom stereocenters. The first-order chi connectivity index (χ1) is 11.2. The quantitative estimate of drug-likeness (QED) is 0.800. The summed E-state index contributed by atoms with van der Waals surface area (Å²) < 4.78 is 0. The van der Waals surface area contributed by atoms with Gasteiger partial charge in [-0.05, 0) is 23.3 Å². The van der Waals surface area contributed by atoms with Gasteiger partial charge in [-0.3, -0.25) is 4.79 Å². The fourth-order valence-electron chi connectivity index (χ4n) is 2.26. The molecule has 0 bridgehead atoms. The number of hydrogen-bond acceptors (Lipinski definition) is 3. The van der Waals surface area contributed by atoms with Crippen molar-refractivity contribution in [2.45, 2.75) is 19.5 Å². The topological polar surface area (TPSA) is 56.1 Å². The van der Waals surface area contributed by atoms with Crippen LogP contribution >= 0.6 is 0 Å². The van der Waals surface area contributed by atoms with Crippen molar-refractivity contribution in [3.05, 3.63) is 71.3 Å². The largest absolute Gasteiger partial charge is 0.341 e. The third-order valence-electron chi connectivity index (χ3n) is 3.62. The number of nitrogens with zero attached hydrogens (tertiary/aromatic N) is 2. The van der Waals surface area contributed by atoms with Crippen molar-refractivity contribution < 1.29 is 4.79 Å². The Morgan fingerprint density at radius 2 is 1.78 bits per heavy atom. The van der Waals surface area contributed by atoms with Crippen LogP contribution in [0.4, 0.5) is 0 Å². The van der Waals surface area contributed by atoms with E-state index in [1.807, 2.05) is 49.5 Å². The summed E-state index contributed by atoms with van der Waals surface area (Å²) in [6, 6.07) is 19.5. The molecular formula is C19H21N3O. The minimum atomic E-state index is 0.126. The summed E-state index contributed by atoms with van der Waals surface area (Å²) in [6.07, 6.45) is 0.472. The van der Waals surface area contributed by atoms with Crippen LogP contribution in [0.15, 0.2) is 54.6 Å². The van der Waals surface area contributed by atoms with Gasteiger partial charge in [-0.25, -0.2) is 0 Å². The summed E-state index contributed by atoms with van der Waals surface area (Å²) in [5, 5.41) is 12.0. The maximum Gasteiger partial charge on any atom is 0.223 e. The average Bonchev–Trinajstić information content (AvgIpc) is 2.60. The van der Waals surface area contributed by atoms with Crippen LogP contribution in [0.5, 0.6) is 0 Å². The Morgan fingerprint density at radius 1 is 1.09 bits per heavy atom. The molecule has 0 spiro atoms. The van der Waals surface area contributed by atoms with E-state index in [1.54, 1.807) is 17.0 Å². The van der Waals surface area contributed by atoms with Gasteiger partial charge in [0, 0.05) is 33.1 Å². The molecular weight excluding hydrogens is 286 g/mol. The molecule has 1 amide bonds. The summed E-state index contributed by atoms with van der Waals surface area (Å²) in [5.74, 6) is 0.126. The molecule has 2 aromatic rings. The first-order valence-corrected chi connectivity index (χ1v) is 7.66. The third kappa shape index (κ3) is 5.57. The van der Waals surface area contributed by atoms with Crippen LogP contribution in [0.2, 0.25) is 0 Å². The van der Waals surface area contributed by atoms with Gasteiger partial charge in [-0.15, -0.1) is 0 Å². The fraction of sp³-hybridized carbons (Fsp3) is 0.263. The molecule has 0 aliphatic carbocycles. The minimum Gasteiger partial charge on any atom is -0.341 e. The standard InChI is InChI=1S/C19H21N3O/c1-22(15-18-5-3-2-4-6-18)19(23)11-12-21-14-17-9-7-16(13-20)8-10-17/h2-10,21H,11-12,14-15H2,1H3. The van der Waals surface area contributed by atoms with E-state index in [2.05, 4.69) is 11.4 Å². The molecule has 1 N–H and O–H groups in total. The van der Waals surface area contributed by atoms with Crippen molar-refractivity contribution in [1.29, 1.82) is 5.26 Å². The van der Waals surface area contributed by atoms with Crippen molar-refractivity contribution in [3.8, 4) is 6.07 Å². The lowest BCUT2D eigenvalue weighted by Gasteiger charge is -2.17. The normalized spacial score (nSPS) is 10.1. The zero-order valence-corrected chi connectivity index (χ0v) is 13.3. The zero-order valence-electron chi connectivity index (χ0n) is 13.3. The summed E-state index contributed by atoms with van der Waals surface area (Å²) >= 11 is 0. The SMILES string of the molecule is CN(Cc1ccccc1)C(=O)CCNCc1ccc(C#N)cc1. The van der Waals surface area contributed by atoms with E-state index < -0.39 is 0 Å². The molecule has 0 saturated carbocycles. The van der Waals surface area contributed by atoms with Gasteiger partial charge in [0.25, 0.3) is 0 Å². The predicted molar refractivity (Wildman–Crippen MR) is 90.4 cm³/mol.